The molecule has 0 fully saturated rings. The molecule has 0 unspecified atom stereocenters. The molecule has 0 saturated carbocycles. The number of fused-ring (bicyclic) bond motifs is 1. The van der Waals surface area contributed by atoms with Gasteiger partial charge in [-0.2, -0.15) is 0 Å². The largest absolute Gasteiger partial charge is 0.497 e. The van der Waals surface area contributed by atoms with E-state index in [0.717, 1.165) is 29.0 Å². The molecule has 25 heavy (non-hydrogen) atoms. The lowest BCUT2D eigenvalue weighted by Crippen LogP contribution is -2.28. The van der Waals surface area contributed by atoms with E-state index in [1.54, 1.807) is 18.9 Å². The highest BCUT2D eigenvalue weighted by atomic mass is 16.5. The standard InChI is InChI=1S/C19H21N3O3/c1-13(23)22-10-9-15-5-6-16(11-18(15)22)21-19(24)20-12-14-3-7-17(25-2)8-4-14/h3-8,11H,9-10,12H2,1-2H3,(H2,20,21,24). The maximum absolute atomic E-state index is 12.1. The van der Waals surface area contributed by atoms with Crippen LogP contribution in [0.4, 0.5) is 16.2 Å². The number of rotatable bonds is 4. The molecule has 0 saturated heterocycles. The smallest absolute Gasteiger partial charge is 0.319 e. The first-order chi connectivity index (χ1) is 12.1. The first-order valence-electron chi connectivity index (χ1n) is 8.15. The second-order valence-corrected chi connectivity index (χ2v) is 5.92. The second-order valence-electron chi connectivity index (χ2n) is 5.92. The summed E-state index contributed by atoms with van der Waals surface area (Å²) >= 11 is 0. The predicted octanol–water partition coefficient (Wildman–Crippen LogP) is 2.93. The van der Waals surface area contributed by atoms with Gasteiger partial charge in [-0.1, -0.05) is 18.2 Å². The molecule has 0 aromatic heterocycles. The minimum absolute atomic E-state index is 0.0138. The fourth-order valence-electron chi connectivity index (χ4n) is 2.89. The molecule has 3 rings (SSSR count). The highest BCUT2D eigenvalue weighted by Gasteiger charge is 2.22. The zero-order valence-corrected chi connectivity index (χ0v) is 14.3. The number of benzene rings is 2. The van der Waals surface area contributed by atoms with Gasteiger partial charge in [-0.25, -0.2) is 4.79 Å². The maximum Gasteiger partial charge on any atom is 0.319 e. The first-order valence-corrected chi connectivity index (χ1v) is 8.15. The minimum Gasteiger partial charge on any atom is -0.497 e. The molecule has 3 amide bonds. The fourth-order valence-corrected chi connectivity index (χ4v) is 2.89. The van der Waals surface area contributed by atoms with E-state index in [9.17, 15) is 9.59 Å². The van der Waals surface area contributed by atoms with Crippen molar-refractivity contribution in [2.24, 2.45) is 0 Å². The normalized spacial score (nSPS) is 12.5. The Morgan fingerprint density at radius 3 is 2.60 bits per heavy atom. The lowest BCUT2D eigenvalue weighted by Gasteiger charge is -2.16. The summed E-state index contributed by atoms with van der Waals surface area (Å²) in [4.78, 5) is 25.5. The van der Waals surface area contributed by atoms with Gasteiger partial charge in [0.1, 0.15) is 5.75 Å². The Bertz CT molecular complexity index is 787. The molecule has 1 aliphatic heterocycles. The van der Waals surface area contributed by atoms with Crippen LogP contribution in [-0.4, -0.2) is 25.6 Å². The third kappa shape index (κ3) is 3.91. The molecular formula is C19H21N3O3. The van der Waals surface area contributed by atoms with E-state index in [1.807, 2.05) is 42.5 Å². The van der Waals surface area contributed by atoms with Crippen LogP contribution in [-0.2, 0) is 17.8 Å². The van der Waals surface area contributed by atoms with Gasteiger partial charge in [-0.3, -0.25) is 4.79 Å². The molecule has 6 heteroatoms. The summed E-state index contributed by atoms with van der Waals surface area (Å²) in [5.74, 6) is 0.793. The van der Waals surface area contributed by atoms with Crippen LogP contribution < -0.4 is 20.3 Å². The van der Waals surface area contributed by atoms with E-state index in [0.29, 0.717) is 18.8 Å². The topological polar surface area (TPSA) is 70.7 Å². The van der Waals surface area contributed by atoms with Gasteiger partial charge in [0.25, 0.3) is 0 Å². The van der Waals surface area contributed by atoms with Crippen molar-refractivity contribution in [1.29, 1.82) is 0 Å². The number of carbonyl (C=O) groups excluding carboxylic acids is 2. The van der Waals surface area contributed by atoms with Crippen LogP contribution in [0.2, 0.25) is 0 Å². The summed E-state index contributed by atoms with van der Waals surface area (Å²) < 4.78 is 5.11. The molecule has 6 nitrogen and oxygen atoms in total. The quantitative estimate of drug-likeness (QED) is 0.900. The number of hydrogen-bond acceptors (Lipinski definition) is 3. The summed E-state index contributed by atoms with van der Waals surface area (Å²) in [7, 11) is 1.62. The molecule has 1 aliphatic rings. The highest BCUT2D eigenvalue weighted by Crippen LogP contribution is 2.30. The Kier molecular flexibility index (Phi) is 4.88. The number of urea groups is 1. The van der Waals surface area contributed by atoms with Crippen molar-refractivity contribution in [3.8, 4) is 5.75 Å². The van der Waals surface area contributed by atoms with E-state index in [-0.39, 0.29) is 11.9 Å². The van der Waals surface area contributed by atoms with E-state index in [2.05, 4.69) is 10.6 Å². The summed E-state index contributed by atoms with van der Waals surface area (Å²) in [5, 5.41) is 5.63. The molecule has 130 valence electrons. The van der Waals surface area contributed by atoms with Gasteiger partial charge >= 0.3 is 6.03 Å². The van der Waals surface area contributed by atoms with Gasteiger partial charge in [0.2, 0.25) is 5.91 Å². The Balaban J connectivity index is 1.59. The van der Waals surface area contributed by atoms with Gasteiger partial charge < -0.3 is 20.3 Å². The van der Waals surface area contributed by atoms with Crippen LogP contribution >= 0.6 is 0 Å². The molecule has 0 radical (unpaired) electrons. The SMILES string of the molecule is COc1ccc(CNC(=O)Nc2ccc3c(c2)N(C(C)=O)CC3)cc1. The van der Waals surface area contributed by atoms with Crippen LogP contribution in [0.1, 0.15) is 18.1 Å². The number of methoxy groups -OCH3 is 1. The lowest BCUT2D eigenvalue weighted by atomic mass is 10.1. The van der Waals surface area contributed by atoms with Crippen LogP contribution in [0.5, 0.6) is 5.75 Å². The van der Waals surface area contributed by atoms with Gasteiger partial charge in [0.05, 0.1) is 7.11 Å². The van der Waals surface area contributed by atoms with Crippen molar-refractivity contribution in [1.82, 2.24) is 5.32 Å². The van der Waals surface area contributed by atoms with Crippen molar-refractivity contribution >= 4 is 23.3 Å². The average Bonchev–Trinajstić information content (AvgIpc) is 3.04. The first kappa shape index (κ1) is 16.8. The number of anilines is 2. The fraction of sp³-hybridized carbons (Fsp3) is 0.263. The molecule has 2 aromatic carbocycles. The summed E-state index contributed by atoms with van der Waals surface area (Å²) in [6.07, 6.45) is 0.846. The Hall–Kier alpha value is -3.02. The molecule has 0 aliphatic carbocycles. The van der Waals surface area contributed by atoms with Gasteiger partial charge in [-0.05, 0) is 41.8 Å². The van der Waals surface area contributed by atoms with E-state index in [1.165, 1.54) is 0 Å². The number of nitrogens with zero attached hydrogens (tertiary/aromatic N) is 1. The predicted molar refractivity (Wildman–Crippen MR) is 97.0 cm³/mol. The van der Waals surface area contributed by atoms with Crippen LogP contribution in [0.25, 0.3) is 0 Å². The molecule has 2 N–H and O–H groups in total. The number of nitrogens with one attached hydrogen (secondary N) is 2. The number of amides is 3. The Morgan fingerprint density at radius 1 is 1.16 bits per heavy atom. The Morgan fingerprint density at radius 2 is 1.92 bits per heavy atom. The summed E-state index contributed by atoms with van der Waals surface area (Å²) in [5.41, 5.74) is 3.65. The van der Waals surface area contributed by atoms with E-state index >= 15 is 0 Å². The van der Waals surface area contributed by atoms with Crippen LogP contribution in [0.3, 0.4) is 0 Å². The minimum atomic E-state index is -0.289. The zero-order valence-electron chi connectivity index (χ0n) is 14.3. The van der Waals surface area contributed by atoms with Crippen molar-refractivity contribution in [3.63, 3.8) is 0 Å². The molecular weight excluding hydrogens is 318 g/mol. The number of carbonyl (C=O) groups is 2. The van der Waals surface area contributed by atoms with Crippen molar-refractivity contribution in [2.45, 2.75) is 19.9 Å². The maximum atomic E-state index is 12.1. The van der Waals surface area contributed by atoms with Gasteiger partial charge in [-0.15, -0.1) is 0 Å². The van der Waals surface area contributed by atoms with Crippen LogP contribution in [0.15, 0.2) is 42.5 Å². The average molecular weight is 339 g/mol. The van der Waals surface area contributed by atoms with Crippen molar-refractivity contribution in [3.05, 3.63) is 53.6 Å². The number of hydrogen-bond donors (Lipinski definition) is 2. The molecule has 0 bridgehead atoms. The zero-order chi connectivity index (χ0) is 17.8. The van der Waals surface area contributed by atoms with Crippen molar-refractivity contribution < 1.29 is 14.3 Å². The van der Waals surface area contributed by atoms with Gasteiger partial charge in [0, 0.05) is 31.4 Å². The third-order valence-corrected chi connectivity index (χ3v) is 4.23. The third-order valence-electron chi connectivity index (χ3n) is 4.23. The highest BCUT2D eigenvalue weighted by molar-refractivity contribution is 5.96. The lowest BCUT2D eigenvalue weighted by molar-refractivity contribution is -0.116. The van der Waals surface area contributed by atoms with Crippen molar-refractivity contribution in [2.75, 3.05) is 23.9 Å². The molecule has 0 atom stereocenters. The molecule has 2 aromatic rings. The summed E-state index contributed by atoms with van der Waals surface area (Å²) in [6.45, 7) is 2.66. The Labute approximate surface area is 146 Å². The molecule has 1 heterocycles. The second kappa shape index (κ2) is 7.25. The monoisotopic (exact) mass is 339 g/mol. The van der Waals surface area contributed by atoms with E-state index < -0.39 is 0 Å². The summed E-state index contributed by atoms with van der Waals surface area (Å²) in [6, 6.07) is 12.9. The number of ether oxygens (including phenoxy) is 1. The molecule has 0 spiro atoms. The van der Waals surface area contributed by atoms with Crippen LogP contribution in [0, 0.1) is 0 Å². The van der Waals surface area contributed by atoms with E-state index in [4.69, 9.17) is 4.74 Å². The van der Waals surface area contributed by atoms with Gasteiger partial charge in [0.15, 0.2) is 0 Å².